The lowest BCUT2D eigenvalue weighted by molar-refractivity contribution is 0.400. The molecule has 0 amide bonds. The van der Waals surface area contributed by atoms with Crippen LogP contribution in [0.3, 0.4) is 0 Å². The van der Waals surface area contributed by atoms with Gasteiger partial charge in [0.2, 0.25) is 0 Å². The Morgan fingerprint density at radius 1 is 1.35 bits per heavy atom. The molecule has 1 aliphatic carbocycles. The number of rotatable bonds is 4. The van der Waals surface area contributed by atoms with Crippen LogP contribution in [-0.2, 0) is 0 Å². The molecule has 0 saturated heterocycles. The second-order valence-corrected chi connectivity index (χ2v) is 5.14. The Morgan fingerprint density at radius 3 is 2.59 bits per heavy atom. The summed E-state index contributed by atoms with van der Waals surface area (Å²) in [6, 6.07) is 8.07. The van der Waals surface area contributed by atoms with Gasteiger partial charge in [0.25, 0.3) is 0 Å². The van der Waals surface area contributed by atoms with Crippen LogP contribution in [0.15, 0.2) is 24.3 Å². The molecule has 1 atom stereocenters. The lowest BCUT2D eigenvalue weighted by Gasteiger charge is -2.24. The second kappa shape index (κ2) is 5.50. The maximum Gasteiger partial charge on any atom is 0.122 e. The maximum atomic E-state index is 5.95. The zero-order valence-electron chi connectivity index (χ0n) is 10.2. The molecule has 0 spiro atoms. The molecule has 1 fully saturated rings. The first-order chi connectivity index (χ1) is 8.24. The minimum atomic E-state index is 0.170. The van der Waals surface area contributed by atoms with Gasteiger partial charge in [-0.2, -0.15) is 0 Å². The first kappa shape index (κ1) is 12.4. The number of methoxy groups -OCH3 is 1. The van der Waals surface area contributed by atoms with Gasteiger partial charge in [0.05, 0.1) is 12.1 Å². The van der Waals surface area contributed by atoms with Crippen molar-refractivity contribution in [2.75, 3.05) is 7.11 Å². The van der Waals surface area contributed by atoms with Crippen LogP contribution in [-0.4, -0.2) is 12.1 Å². The molecule has 2 rings (SSSR count). The monoisotopic (exact) mass is 249 g/mol. The van der Waals surface area contributed by atoms with Gasteiger partial charge in [0.1, 0.15) is 5.75 Å². The molecular formula is C14H19NOS. The largest absolute Gasteiger partial charge is 0.496 e. The van der Waals surface area contributed by atoms with Crippen LogP contribution in [0.2, 0.25) is 0 Å². The Hall–Kier alpha value is -1.09. The number of para-hydroxylation sites is 1. The summed E-state index contributed by atoms with van der Waals surface area (Å²) >= 11 is 5.27. The topological polar surface area (TPSA) is 35.2 Å². The lowest BCUT2D eigenvalue weighted by atomic mass is 9.84. The second-order valence-electron chi connectivity index (χ2n) is 4.67. The van der Waals surface area contributed by atoms with Crippen molar-refractivity contribution in [1.82, 2.24) is 0 Å². The number of hydrogen-bond acceptors (Lipinski definition) is 2. The zero-order chi connectivity index (χ0) is 12.3. The van der Waals surface area contributed by atoms with Crippen LogP contribution >= 0.6 is 12.2 Å². The highest BCUT2D eigenvalue weighted by Gasteiger charge is 2.30. The summed E-state index contributed by atoms with van der Waals surface area (Å²) in [7, 11) is 1.70. The normalized spacial score (nSPS) is 17.9. The third kappa shape index (κ3) is 2.60. The summed E-state index contributed by atoms with van der Waals surface area (Å²) in [6.07, 6.45) is 5.03. The van der Waals surface area contributed by atoms with Crippen LogP contribution in [0.1, 0.15) is 37.2 Å². The first-order valence-electron chi connectivity index (χ1n) is 6.16. The van der Waals surface area contributed by atoms with Gasteiger partial charge in [-0.3, -0.25) is 0 Å². The van der Waals surface area contributed by atoms with E-state index < -0.39 is 0 Å². The number of ether oxygens (including phenoxy) is 1. The molecule has 3 heteroatoms. The fraction of sp³-hybridized carbons (Fsp3) is 0.500. The Bertz CT molecular complexity index is 399. The third-order valence-electron chi connectivity index (χ3n) is 3.65. The van der Waals surface area contributed by atoms with Crippen LogP contribution in [0.5, 0.6) is 5.75 Å². The molecule has 17 heavy (non-hydrogen) atoms. The van der Waals surface area contributed by atoms with Gasteiger partial charge in [-0.15, -0.1) is 0 Å². The van der Waals surface area contributed by atoms with Gasteiger partial charge < -0.3 is 10.5 Å². The van der Waals surface area contributed by atoms with Crippen LogP contribution in [0.4, 0.5) is 0 Å². The van der Waals surface area contributed by atoms with Crippen molar-refractivity contribution in [1.29, 1.82) is 0 Å². The summed E-state index contributed by atoms with van der Waals surface area (Å²) < 4.78 is 5.42. The zero-order valence-corrected chi connectivity index (χ0v) is 11.0. The summed E-state index contributed by atoms with van der Waals surface area (Å²) in [5.74, 6) is 1.66. The first-order valence-corrected chi connectivity index (χ1v) is 6.57. The molecule has 1 aliphatic rings. The summed E-state index contributed by atoms with van der Waals surface area (Å²) in [4.78, 5) is 0.599. The molecule has 2 nitrogen and oxygen atoms in total. The standard InChI is InChI=1S/C14H19NOS/c1-16-12-9-5-4-8-11(12)13(14(15)17)10-6-2-3-7-10/h4-5,8-10,13H,2-3,6-7H2,1H3,(H2,15,17). The average molecular weight is 249 g/mol. The molecule has 1 aromatic carbocycles. The third-order valence-corrected chi connectivity index (χ3v) is 3.91. The van der Waals surface area contributed by atoms with E-state index in [0.717, 1.165) is 11.3 Å². The molecule has 1 saturated carbocycles. The smallest absolute Gasteiger partial charge is 0.122 e. The lowest BCUT2D eigenvalue weighted by Crippen LogP contribution is -2.25. The molecule has 0 heterocycles. The predicted molar refractivity (Wildman–Crippen MR) is 74.5 cm³/mol. The molecule has 0 aliphatic heterocycles. The summed E-state index contributed by atoms with van der Waals surface area (Å²) in [5, 5.41) is 0. The van der Waals surface area contributed by atoms with Gasteiger partial charge in [0, 0.05) is 11.5 Å². The number of benzene rings is 1. The van der Waals surface area contributed by atoms with Gasteiger partial charge >= 0.3 is 0 Å². The molecular weight excluding hydrogens is 230 g/mol. The van der Waals surface area contributed by atoms with Crippen molar-refractivity contribution in [3.63, 3.8) is 0 Å². The van der Waals surface area contributed by atoms with E-state index in [1.807, 2.05) is 18.2 Å². The molecule has 92 valence electrons. The molecule has 2 N–H and O–H groups in total. The van der Waals surface area contributed by atoms with Crippen LogP contribution in [0, 0.1) is 5.92 Å². The van der Waals surface area contributed by atoms with Crippen LogP contribution < -0.4 is 10.5 Å². The fourth-order valence-electron chi connectivity index (χ4n) is 2.85. The highest BCUT2D eigenvalue weighted by molar-refractivity contribution is 7.80. The maximum absolute atomic E-state index is 5.95. The predicted octanol–water partition coefficient (Wildman–Crippen LogP) is 3.26. The van der Waals surface area contributed by atoms with E-state index >= 15 is 0 Å². The SMILES string of the molecule is COc1ccccc1C(C(N)=S)C1CCCC1. The van der Waals surface area contributed by atoms with E-state index in [0.29, 0.717) is 10.9 Å². The highest BCUT2D eigenvalue weighted by Crippen LogP contribution is 2.40. The van der Waals surface area contributed by atoms with E-state index in [9.17, 15) is 0 Å². The van der Waals surface area contributed by atoms with Crippen molar-refractivity contribution < 1.29 is 4.74 Å². The van der Waals surface area contributed by atoms with Gasteiger partial charge in [-0.05, 0) is 24.8 Å². The van der Waals surface area contributed by atoms with E-state index in [1.54, 1.807) is 7.11 Å². The van der Waals surface area contributed by atoms with Crippen LogP contribution in [0.25, 0.3) is 0 Å². The molecule has 0 bridgehead atoms. The van der Waals surface area contributed by atoms with Crippen molar-refractivity contribution in [3.05, 3.63) is 29.8 Å². The van der Waals surface area contributed by atoms with Crippen molar-refractivity contribution in [2.24, 2.45) is 11.7 Å². The van der Waals surface area contributed by atoms with Crippen molar-refractivity contribution >= 4 is 17.2 Å². The van der Waals surface area contributed by atoms with E-state index in [4.69, 9.17) is 22.7 Å². The number of nitrogens with two attached hydrogens (primary N) is 1. The molecule has 0 aromatic heterocycles. The Morgan fingerprint density at radius 2 is 2.00 bits per heavy atom. The number of hydrogen-bond donors (Lipinski definition) is 1. The Kier molecular flexibility index (Phi) is 4.00. The molecule has 1 unspecified atom stereocenters. The molecule has 1 aromatic rings. The van der Waals surface area contributed by atoms with Crippen molar-refractivity contribution in [2.45, 2.75) is 31.6 Å². The number of thiocarbonyl (C=S) groups is 1. The molecule has 0 radical (unpaired) electrons. The van der Waals surface area contributed by atoms with Gasteiger partial charge in [-0.25, -0.2) is 0 Å². The van der Waals surface area contributed by atoms with Crippen molar-refractivity contribution in [3.8, 4) is 5.75 Å². The van der Waals surface area contributed by atoms with Gasteiger partial charge in [-0.1, -0.05) is 43.3 Å². The van der Waals surface area contributed by atoms with E-state index in [2.05, 4.69) is 6.07 Å². The van der Waals surface area contributed by atoms with Gasteiger partial charge in [0.15, 0.2) is 0 Å². The quantitative estimate of drug-likeness (QED) is 0.832. The Labute approximate surface area is 108 Å². The Balaban J connectivity index is 2.34. The summed E-state index contributed by atoms with van der Waals surface area (Å²) in [5.41, 5.74) is 7.10. The van der Waals surface area contributed by atoms with E-state index in [1.165, 1.54) is 25.7 Å². The summed E-state index contributed by atoms with van der Waals surface area (Å²) in [6.45, 7) is 0. The minimum Gasteiger partial charge on any atom is -0.496 e. The average Bonchev–Trinajstić information content (AvgIpc) is 2.83. The fourth-order valence-corrected chi connectivity index (χ4v) is 3.17. The van der Waals surface area contributed by atoms with E-state index in [-0.39, 0.29) is 5.92 Å². The minimum absolute atomic E-state index is 0.170. The highest BCUT2D eigenvalue weighted by atomic mass is 32.1.